The Morgan fingerprint density at radius 1 is 0.967 bits per heavy atom. The smallest absolute Gasteiger partial charge is 0.220 e. The first-order valence-corrected chi connectivity index (χ1v) is 10.3. The van der Waals surface area contributed by atoms with Crippen molar-refractivity contribution in [1.82, 2.24) is 4.98 Å². The lowest BCUT2D eigenvalue weighted by Gasteiger charge is -2.35. The second-order valence-electron chi connectivity index (χ2n) is 7.84. The molecule has 0 unspecified atom stereocenters. The topological polar surface area (TPSA) is 68.4 Å². The molecule has 1 aliphatic rings. The van der Waals surface area contributed by atoms with E-state index in [2.05, 4.69) is 53.2 Å². The van der Waals surface area contributed by atoms with Crippen molar-refractivity contribution in [3.63, 3.8) is 0 Å². The van der Waals surface area contributed by atoms with E-state index < -0.39 is 0 Å². The van der Waals surface area contributed by atoms with Gasteiger partial charge in [-0.25, -0.2) is 0 Å². The molecule has 2 N–H and O–H groups in total. The van der Waals surface area contributed by atoms with Gasteiger partial charge >= 0.3 is 0 Å². The summed E-state index contributed by atoms with van der Waals surface area (Å²) in [6, 6.07) is 16.6. The normalized spacial score (nSPS) is 14.5. The lowest BCUT2D eigenvalue weighted by molar-refractivity contribution is -0.122. The fourth-order valence-corrected chi connectivity index (χ4v) is 4.11. The van der Waals surface area contributed by atoms with Crippen LogP contribution in [0.25, 0.3) is 22.3 Å². The molecular formula is C25H27N3O2. The largest absolute Gasteiger partial charge is 0.497 e. The van der Waals surface area contributed by atoms with E-state index >= 15 is 0 Å². The molecule has 1 aliphatic heterocycles. The molecule has 2 heterocycles. The second-order valence-corrected chi connectivity index (χ2v) is 7.84. The summed E-state index contributed by atoms with van der Waals surface area (Å²) in [7, 11) is 1.67. The number of primary amides is 1. The molecule has 0 aliphatic carbocycles. The fourth-order valence-electron chi connectivity index (χ4n) is 4.11. The minimum Gasteiger partial charge on any atom is -0.497 e. The highest BCUT2D eigenvalue weighted by Gasteiger charge is 2.26. The molecule has 1 fully saturated rings. The Morgan fingerprint density at radius 2 is 1.50 bits per heavy atom. The molecule has 1 amide bonds. The predicted octanol–water partition coefficient (Wildman–Crippen LogP) is 4.43. The molecule has 3 aromatic rings. The lowest BCUT2D eigenvalue weighted by Crippen LogP contribution is -2.39. The van der Waals surface area contributed by atoms with Crippen LogP contribution in [0.2, 0.25) is 0 Å². The number of aromatic nitrogens is 1. The Labute approximate surface area is 177 Å². The van der Waals surface area contributed by atoms with Gasteiger partial charge in [-0.1, -0.05) is 42.0 Å². The molecule has 1 saturated heterocycles. The molecule has 30 heavy (non-hydrogen) atoms. The molecule has 5 heteroatoms. The van der Waals surface area contributed by atoms with Crippen molar-refractivity contribution in [3.05, 3.63) is 66.5 Å². The highest BCUT2D eigenvalue weighted by molar-refractivity contribution is 5.90. The zero-order valence-electron chi connectivity index (χ0n) is 17.5. The Hall–Kier alpha value is -3.34. The third-order valence-corrected chi connectivity index (χ3v) is 5.89. The zero-order valence-corrected chi connectivity index (χ0v) is 17.5. The van der Waals surface area contributed by atoms with E-state index in [1.165, 1.54) is 5.56 Å². The lowest BCUT2D eigenvalue weighted by atomic mass is 9.92. The van der Waals surface area contributed by atoms with Gasteiger partial charge in [-0.2, -0.15) is 0 Å². The van der Waals surface area contributed by atoms with Crippen LogP contribution in [0.5, 0.6) is 5.75 Å². The number of amides is 1. The van der Waals surface area contributed by atoms with Crippen LogP contribution in [-0.4, -0.2) is 31.1 Å². The van der Waals surface area contributed by atoms with E-state index in [-0.39, 0.29) is 11.8 Å². The summed E-state index contributed by atoms with van der Waals surface area (Å²) in [5.41, 5.74) is 12.3. The van der Waals surface area contributed by atoms with Gasteiger partial charge in [-0.3, -0.25) is 9.78 Å². The number of benzene rings is 2. The van der Waals surface area contributed by atoms with Crippen molar-refractivity contribution < 1.29 is 9.53 Å². The number of piperidine rings is 1. The first-order valence-electron chi connectivity index (χ1n) is 10.3. The van der Waals surface area contributed by atoms with E-state index in [1.807, 2.05) is 24.5 Å². The number of hydrogen-bond acceptors (Lipinski definition) is 4. The van der Waals surface area contributed by atoms with Gasteiger partial charge in [-0.15, -0.1) is 0 Å². The van der Waals surface area contributed by atoms with Gasteiger partial charge in [0.25, 0.3) is 0 Å². The van der Waals surface area contributed by atoms with Crippen LogP contribution in [0.3, 0.4) is 0 Å². The van der Waals surface area contributed by atoms with Crippen LogP contribution < -0.4 is 15.4 Å². The highest BCUT2D eigenvalue weighted by Crippen LogP contribution is 2.40. The predicted molar refractivity (Wildman–Crippen MR) is 121 cm³/mol. The maximum absolute atomic E-state index is 11.6. The van der Waals surface area contributed by atoms with Crippen LogP contribution >= 0.6 is 0 Å². The third-order valence-electron chi connectivity index (χ3n) is 5.89. The van der Waals surface area contributed by atoms with Gasteiger partial charge in [0.15, 0.2) is 0 Å². The summed E-state index contributed by atoms with van der Waals surface area (Å²) in [6.45, 7) is 3.67. The number of carbonyl (C=O) groups is 1. The number of ether oxygens (including phenoxy) is 1. The molecule has 0 bridgehead atoms. The fraction of sp³-hybridized carbons (Fsp3) is 0.280. The standard InChI is InChI=1S/C25H27N3O2/c1-17-3-5-18(6-4-17)22-15-27-16-23(19-7-9-21(30-2)10-8-19)24(22)28-13-11-20(12-14-28)25(26)29/h3-10,15-16,20H,11-14H2,1-2H3,(H2,26,29). The highest BCUT2D eigenvalue weighted by atomic mass is 16.5. The molecule has 0 spiro atoms. The van der Waals surface area contributed by atoms with Crippen LogP contribution in [-0.2, 0) is 4.79 Å². The number of carbonyl (C=O) groups excluding carboxylic acids is 1. The number of anilines is 1. The van der Waals surface area contributed by atoms with Gasteiger partial charge in [0.2, 0.25) is 5.91 Å². The van der Waals surface area contributed by atoms with E-state index in [4.69, 9.17) is 10.5 Å². The first-order chi connectivity index (χ1) is 14.6. The van der Waals surface area contributed by atoms with E-state index in [9.17, 15) is 4.79 Å². The van der Waals surface area contributed by atoms with Gasteiger partial charge in [0.05, 0.1) is 12.8 Å². The van der Waals surface area contributed by atoms with Crippen molar-refractivity contribution >= 4 is 11.6 Å². The molecule has 0 atom stereocenters. The summed E-state index contributed by atoms with van der Waals surface area (Å²) in [5, 5.41) is 0. The Morgan fingerprint density at radius 3 is 2.00 bits per heavy atom. The maximum Gasteiger partial charge on any atom is 0.220 e. The van der Waals surface area contributed by atoms with Gasteiger partial charge < -0.3 is 15.4 Å². The molecule has 5 nitrogen and oxygen atoms in total. The van der Waals surface area contributed by atoms with Crippen LogP contribution in [0.15, 0.2) is 60.9 Å². The van der Waals surface area contributed by atoms with Gasteiger partial charge in [-0.05, 0) is 43.0 Å². The molecule has 1 aromatic heterocycles. The van der Waals surface area contributed by atoms with Gasteiger partial charge in [0.1, 0.15) is 5.75 Å². The SMILES string of the molecule is COc1ccc(-c2cncc(-c3ccc(C)cc3)c2N2CCC(C(N)=O)CC2)cc1. The number of nitrogens with two attached hydrogens (primary N) is 1. The summed E-state index contributed by atoms with van der Waals surface area (Å²) in [5.74, 6) is 0.582. The van der Waals surface area contributed by atoms with E-state index in [1.54, 1.807) is 7.11 Å². The summed E-state index contributed by atoms with van der Waals surface area (Å²) < 4.78 is 5.32. The van der Waals surface area contributed by atoms with Crippen molar-refractivity contribution in [1.29, 1.82) is 0 Å². The van der Waals surface area contributed by atoms with Crippen molar-refractivity contribution in [3.8, 4) is 28.0 Å². The van der Waals surface area contributed by atoms with Crippen LogP contribution in [0, 0.1) is 12.8 Å². The number of rotatable bonds is 5. The summed E-state index contributed by atoms with van der Waals surface area (Å²) in [4.78, 5) is 18.6. The summed E-state index contributed by atoms with van der Waals surface area (Å²) in [6.07, 6.45) is 5.41. The Kier molecular flexibility index (Phi) is 5.70. The minimum absolute atomic E-state index is 0.0460. The average Bonchev–Trinajstić information content (AvgIpc) is 2.79. The third kappa shape index (κ3) is 4.01. The van der Waals surface area contributed by atoms with Crippen LogP contribution in [0.4, 0.5) is 5.69 Å². The van der Waals surface area contributed by atoms with Crippen molar-refractivity contribution in [2.75, 3.05) is 25.1 Å². The summed E-state index contributed by atoms with van der Waals surface area (Å²) >= 11 is 0. The monoisotopic (exact) mass is 401 g/mol. The van der Waals surface area contributed by atoms with Gasteiger partial charge in [0, 0.05) is 42.5 Å². The molecule has 0 saturated carbocycles. The second kappa shape index (κ2) is 8.57. The number of aryl methyl sites for hydroxylation is 1. The zero-order chi connectivity index (χ0) is 21.1. The Balaban J connectivity index is 1.80. The minimum atomic E-state index is -0.196. The first kappa shape index (κ1) is 20.0. The molecular weight excluding hydrogens is 374 g/mol. The molecule has 154 valence electrons. The van der Waals surface area contributed by atoms with Crippen molar-refractivity contribution in [2.45, 2.75) is 19.8 Å². The average molecular weight is 402 g/mol. The Bertz CT molecular complexity index is 1020. The van der Waals surface area contributed by atoms with Crippen LogP contribution in [0.1, 0.15) is 18.4 Å². The number of methoxy groups -OCH3 is 1. The number of nitrogens with zero attached hydrogens (tertiary/aromatic N) is 2. The molecule has 0 radical (unpaired) electrons. The van der Waals surface area contributed by atoms with E-state index in [0.29, 0.717) is 0 Å². The quantitative estimate of drug-likeness (QED) is 0.686. The van der Waals surface area contributed by atoms with Crippen molar-refractivity contribution in [2.24, 2.45) is 11.7 Å². The molecule has 2 aromatic carbocycles. The number of hydrogen-bond donors (Lipinski definition) is 1. The number of pyridine rings is 1. The van der Waals surface area contributed by atoms with E-state index in [0.717, 1.165) is 59.6 Å². The molecule has 4 rings (SSSR count). The maximum atomic E-state index is 11.6.